The second-order valence-electron chi connectivity index (χ2n) is 6.56. The van der Waals surface area contributed by atoms with E-state index in [1.54, 1.807) is 0 Å². The molecule has 1 unspecified atom stereocenters. The van der Waals surface area contributed by atoms with Crippen molar-refractivity contribution >= 4 is 11.8 Å². The maximum absolute atomic E-state index is 3.74. The largest absolute Gasteiger partial charge is 0.312 e. The summed E-state index contributed by atoms with van der Waals surface area (Å²) in [6.07, 6.45) is 4.12. The van der Waals surface area contributed by atoms with Gasteiger partial charge in [-0.2, -0.15) is 11.8 Å². The second-order valence-corrected chi connectivity index (χ2v) is 7.79. The van der Waals surface area contributed by atoms with Gasteiger partial charge in [0.05, 0.1) is 0 Å². The summed E-state index contributed by atoms with van der Waals surface area (Å²) < 4.78 is 0. The Morgan fingerprint density at radius 1 is 1.18 bits per heavy atom. The van der Waals surface area contributed by atoms with E-state index in [2.05, 4.69) is 42.7 Å². The van der Waals surface area contributed by atoms with E-state index in [9.17, 15) is 0 Å². The van der Waals surface area contributed by atoms with Crippen LogP contribution in [-0.4, -0.2) is 48.1 Å². The molecule has 17 heavy (non-hydrogen) atoms. The SMILES string of the molecule is CC(C)(C)C1CN(C2CCSCC2)CCCN1. The van der Waals surface area contributed by atoms with Gasteiger partial charge in [0, 0.05) is 18.6 Å². The Morgan fingerprint density at radius 2 is 1.88 bits per heavy atom. The molecule has 2 aliphatic rings. The van der Waals surface area contributed by atoms with Crippen molar-refractivity contribution in [2.75, 3.05) is 31.1 Å². The van der Waals surface area contributed by atoms with E-state index in [4.69, 9.17) is 0 Å². The number of thioether (sulfide) groups is 1. The van der Waals surface area contributed by atoms with Crippen molar-refractivity contribution in [3.63, 3.8) is 0 Å². The summed E-state index contributed by atoms with van der Waals surface area (Å²) in [6.45, 7) is 10.8. The lowest BCUT2D eigenvalue weighted by molar-refractivity contribution is 0.147. The molecule has 0 aromatic carbocycles. The zero-order valence-electron chi connectivity index (χ0n) is 11.7. The zero-order valence-corrected chi connectivity index (χ0v) is 12.5. The smallest absolute Gasteiger partial charge is 0.0243 e. The van der Waals surface area contributed by atoms with Crippen molar-refractivity contribution in [2.24, 2.45) is 5.41 Å². The number of hydrogen-bond acceptors (Lipinski definition) is 3. The molecule has 0 aromatic heterocycles. The van der Waals surface area contributed by atoms with Crippen LogP contribution in [0.3, 0.4) is 0 Å². The van der Waals surface area contributed by atoms with Crippen molar-refractivity contribution < 1.29 is 0 Å². The van der Waals surface area contributed by atoms with E-state index < -0.39 is 0 Å². The van der Waals surface area contributed by atoms with E-state index in [1.807, 2.05) is 0 Å². The van der Waals surface area contributed by atoms with Gasteiger partial charge in [0.25, 0.3) is 0 Å². The average molecular weight is 256 g/mol. The third-order valence-electron chi connectivity index (χ3n) is 4.18. The molecule has 1 atom stereocenters. The predicted molar refractivity (Wildman–Crippen MR) is 77.8 cm³/mol. The summed E-state index contributed by atoms with van der Waals surface area (Å²) >= 11 is 2.13. The first-order chi connectivity index (χ1) is 8.07. The monoisotopic (exact) mass is 256 g/mol. The fourth-order valence-electron chi connectivity index (χ4n) is 2.91. The minimum absolute atomic E-state index is 0.381. The van der Waals surface area contributed by atoms with Gasteiger partial charge >= 0.3 is 0 Å². The van der Waals surface area contributed by atoms with Crippen LogP contribution in [0.4, 0.5) is 0 Å². The normalized spacial score (nSPS) is 30.2. The second kappa shape index (κ2) is 5.94. The van der Waals surface area contributed by atoms with Gasteiger partial charge in [-0.3, -0.25) is 4.90 Å². The Kier molecular flexibility index (Phi) is 4.79. The Balaban J connectivity index is 1.96. The summed E-state index contributed by atoms with van der Waals surface area (Å²) in [5, 5.41) is 3.74. The van der Waals surface area contributed by atoms with Crippen LogP contribution < -0.4 is 5.32 Å². The highest BCUT2D eigenvalue weighted by molar-refractivity contribution is 7.99. The van der Waals surface area contributed by atoms with Crippen LogP contribution in [-0.2, 0) is 0 Å². The van der Waals surface area contributed by atoms with Crippen molar-refractivity contribution in [1.29, 1.82) is 0 Å². The molecule has 0 saturated carbocycles. The molecule has 100 valence electrons. The molecule has 2 saturated heterocycles. The van der Waals surface area contributed by atoms with Crippen molar-refractivity contribution in [1.82, 2.24) is 10.2 Å². The van der Waals surface area contributed by atoms with Gasteiger partial charge in [0.2, 0.25) is 0 Å². The number of nitrogens with zero attached hydrogens (tertiary/aromatic N) is 1. The van der Waals surface area contributed by atoms with Crippen LogP contribution in [0.15, 0.2) is 0 Å². The van der Waals surface area contributed by atoms with Gasteiger partial charge in [-0.1, -0.05) is 20.8 Å². The lowest BCUT2D eigenvalue weighted by atomic mass is 9.86. The molecule has 2 heterocycles. The molecule has 0 bridgehead atoms. The third kappa shape index (κ3) is 3.87. The number of rotatable bonds is 1. The lowest BCUT2D eigenvalue weighted by Gasteiger charge is -2.38. The molecule has 2 nitrogen and oxygen atoms in total. The Labute approximate surface area is 111 Å². The van der Waals surface area contributed by atoms with E-state index in [0.29, 0.717) is 11.5 Å². The molecule has 0 radical (unpaired) electrons. The van der Waals surface area contributed by atoms with E-state index in [0.717, 1.165) is 6.04 Å². The van der Waals surface area contributed by atoms with Gasteiger partial charge in [-0.25, -0.2) is 0 Å². The fraction of sp³-hybridized carbons (Fsp3) is 1.00. The molecule has 2 rings (SSSR count). The molecule has 1 N–H and O–H groups in total. The molecule has 0 spiro atoms. The molecule has 0 amide bonds. The van der Waals surface area contributed by atoms with Gasteiger partial charge in [-0.05, 0) is 49.3 Å². The standard InChI is InChI=1S/C14H28N2S/c1-14(2,3)13-11-16(8-4-7-15-13)12-5-9-17-10-6-12/h12-13,15H,4-11H2,1-3H3. The first kappa shape index (κ1) is 13.7. The van der Waals surface area contributed by atoms with Crippen LogP contribution in [0.2, 0.25) is 0 Å². The highest BCUT2D eigenvalue weighted by Gasteiger charge is 2.31. The van der Waals surface area contributed by atoms with Crippen molar-refractivity contribution in [2.45, 2.75) is 52.1 Å². The number of hydrogen-bond donors (Lipinski definition) is 1. The molecular weight excluding hydrogens is 228 g/mol. The fourth-order valence-corrected chi connectivity index (χ4v) is 3.99. The summed E-state index contributed by atoms with van der Waals surface area (Å²) in [5.41, 5.74) is 0.381. The quantitative estimate of drug-likeness (QED) is 0.776. The van der Waals surface area contributed by atoms with Crippen LogP contribution >= 0.6 is 11.8 Å². The average Bonchev–Trinajstić information content (AvgIpc) is 2.55. The first-order valence-corrected chi connectivity index (χ1v) is 8.28. The molecule has 3 heteroatoms. The molecule has 2 fully saturated rings. The molecule has 0 aromatic rings. The topological polar surface area (TPSA) is 15.3 Å². The summed E-state index contributed by atoms with van der Waals surface area (Å²) in [5.74, 6) is 2.74. The maximum atomic E-state index is 3.74. The molecule has 2 aliphatic heterocycles. The minimum Gasteiger partial charge on any atom is -0.312 e. The highest BCUT2D eigenvalue weighted by atomic mass is 32.2. The van der Waals surface area contributed by atoms with E-state index in [1.165, 1.54) is 50.4 Å². The zero-order chi connectivity index (χ0) is 12.3. The maximum Gasteiger partial charge on any atom is 0.0243 e. The summed E-state index contributed by atoms with van der Waals surface area (Å²) in [6, 6.07) is 1.51. The van der Waals surface area contributed by atoms with Crippen LogP contribution in [0, 0.1) is 5.41 Å². The van der Waals surface area contributed by atoms with Gasteiger partial charge < -0.3 is 5.32 Å². The van der Waals surface area contributed by atoms with Crippen LogP contribution in [0.1, 0.15) is 40.0 Å². The van der Waals surface area contributed by atoms with Gasteiger partial charge in [0.1, 0.15) is 0 Å². The lowest BCUT2D eigenvalue weighted by Crippen LogP contribution is -2.49. The van der Waals surface area contributed by atoms with E-state index in [-0.39, 0.29) is 0 Å². The minimum atomic E-state index is 0.381. The predicted octanol–water partition coefficient (Wildman–Crippen LogP) is 2.59. The summed E-state index contributed by atoms with van der Waals surface area (Å²) in [4.78, 5) is 2.77. The first-order valence-electron chi connectivity index (χ1n) is 7.12. The highest BCUT2D eigenvalue weighted by Crippen LogP contribution is 2.26. The van der Waals surface area contributed by atoms with E-state index >= 15 is 0 Å². The van der Waals surface area contributed by atoms with Gasteiger partial charge in [0.15, 0.2) is 0 Å². The summed E-state index contributed by atoms with van der Waals surface area (Å²) in [7, 11) is 0. The van der Waals surface area contributed by atoms with Crippen LogP contribution in [0.25, 0.3) is 0 Å². The third-order valence-corrected chi connectivity index (χ3v) is 5.23. The van der Waals surface area contributed by atoms with Gasteiger partial charge in [-0.15, -0.1) is 0 Å². The Bertz CT molecular complexity index is 231. The molecular formula is C14H28N2S. The van der Waals surface area contributed by atoms with Crippen LogP contribution in [0.5, 0.6) is 0 Å². The molecule has 0 aliphatic carbocycles. The number of nitrogens with one attached hydrogen (secondary N) is 1. The van der Waals surface area contributed by atoms with Crippen molar-refractivity contribution in [3.05, 3.63) is 0 Å². The Morgan fingerprint density at radius 3 is 2.53 bits per heavy atom. The Hall–Kier alpha value is 0.270. The van der Waals surface area contributed by atoms with Crippen molar-refractivity contribution in [3.8, 4) is 0 Å².